The van der Waals surface area contributed by atoms with Gasteiger partial charge in [-0.1, -0.05) is 19.7 Å². The molecular weight excluding hydrogens is 318 g/mol. The van der Waals surface area contributed by atoms with Crippen LogP contribution in [0.4, 0.5) is 17.8 Å². The zero-order chi connectivity index (χ0) is 17.9. The van der Waals surface area contributed by atoms with Crippen molar-refractivity contribution in [2.45, 2.75) is 0 Å². The molecule has 0 atom stereocenters. The molecule has 24 heavy (non-hydrogen) atoms. The van der Waals surface area contributed by atoms with Crippen molar-refractivity contribution in [3.8, 4) is 0 Å². The van der Waals surface area contributed by atoms with Gasteiger partial charge in [-0.15, -0.1) is 0 Å². The summed E-state index contributed by atoms with van der Waals surface area (Å²) in [5, 5.41) is 0. The standard InChI is InChI=1S/C12H15N9O3/c1-4-7(22)16-19-10-13-11(20-17-8(23)5-2)15-12(14-10)21-18-9(24)6-3/h4-6H,1-3H2,(H,16,22)(H,17,23)(H,18,24)(H3,13,14,15,19,20,21). The van der Waals surface area contributed by atoms with E-state index in [2.05, 4.69) is 67.2 Å². The Bertz CT molecular complexity index is 571. The second-order valence-corrected chi connectivity index (χ2v) is 3.76. The lowest BCUT2D eigenvalue weighted by Gasteiger charge is -2.11. The smallest absolute Gasteiger partial charge is 0.261 e. The summed E-state index contributed by atoms with van der Waals surface area (Å²) in [5.41, 5.74) is 13.9. The van der Waals surface area contributed by atoms with Crippen LogP contribution in [0, 0.1) is 0 Å². The molecule has 3 amide bonds. The summed E-state index contributed by atoms with van der Waals surface area (Å²) in [6.45, 7) is 9.84. The van der Waals surface area contributed by atoms with Crippen molar-refractivity contribution in [3.63, 3.8) is 0 Å². The van der Waals surface area contributed by atoms with Gasteiger partial charge in [0.2, 0.25) is 17.8 Å². The molecule has 0 aliphatic heterocycles. The molecule has 12 heteroatoms. The third kappa shape index (κ3) is 6.21. The maximum Gasteiger partial charge on any atom is 0.261 e. The fraction of sp³-hybridized carbons (Fsp3) is 0. The molecule has 0 aromatic carbocycles. The highest BCUT2D eigenvalue weighted by atomic mass is 16.2. The van der Waals surface area contributed by atoms with E-state index in [-0.39, 0.29) is 17.8 Å². The predicted octanol–water partition coefficient (Wildman–Crippen LogP) is -1.24. The minimum Gasteiger partial charge on any atom is -0.268 e. The normalized spacial score (nSPS) is 9.00. The fourth-order valence-corrected chi connectivity index (χ4v) is 1.05. The minimum absolute atomic E-state index is 0.0918. The molecule has 0 aliphatic carbocycles. The Hall–Kier alpha value is -3.96. The monoisotopic (exact) mass is 333 g/mol. The number of anilines is 3. The van der Waals surface area contributed by atoms with Crippen molar-refractivity contribution in [2.24, 2.45) is 0 Å². The fourth-order valence-electron chi connectivity index (χ4n) is 1.05. The SMILES string of the molecule is C=CC(=O)NNc1nc(NNC(=O)C=C)nc(NNC(=O)C=C)n1. The van der Waals surface area contributed by atoms with Gasteiger partial charge in [-0.2, -0.15) is 15.0 Å². The highest BCUT2D eigenvalue weighted by Crippen LogP contribution is 2.07. The lowest BCUT2D eigenvalue weighted by atomic mass is 10.6. The topological polar surface area (TPSA) is 162 Å². The molecule has 0 saturated carbocycles. The second-order valence-electron chi connectivity index (χ2n) is 3.76. The summed E-state index contributed by atoms with van der Waals surface area (Å²) < 4.78 is 0. The maximum atomic E-state index is 11.1. The van der Waals surface area contributed by atoms with Crippen LogP contribution in [0.1, 0.15) is 0 Å². The van der Waals surface area contributed by atoms with Crippen LogP contribution in [0.5, 0.6) is 0 Å². The molecule has 0 saturated heterocycles. The third-order valence-corrected chi connectivity index (χ3v) is 2.08. The van der Waals surface area contributed by atoms with E-state index in [0.717, 1.165) is 18.2 Å². The van der Waals surface area contributed by atoms with Crippen molar-refractivity contribution in [1.82, 2.24) is 31.2 Å². The van der Waals surface area contributed by atoms with Crippen LogP contribution in [0.25, 0.3) is 0 Å². The van der Waals surface area contributed by atoms with Gasteiger partial charge < -0.3 is 0 Å². The molecule has 0 unspecified atom stereocenters. The van der Waals surface area contributed by atoms with Crippen LogP contribution < -0.4 is 32.6 Å². The van der Waals surface area contributed by atoms with Crippen molar-refractivity contribution in [3.05, 3.63) is 38.0 Å². The summed E-state index contributed by atoms with van der Waals surface area (Å²) in [7, 11) is 0. The highest BCUT2D eigenvalue weighted by Gasteiger charge is 2.08. The molecule has 1 aromatic rings. The van der Waals surface area contributed by atoms with Crippen LogP contribution in [0.2, 0.25) is 0 Å². The predicted molar refractivity (Wildman–Crippen MR) is 85.7 cm³/mol. The molecule has 126 valence electrons. The van der Waals surface area contributed by atoms with Crippen LogP contribution >= 0.6 is 0 Å². The number of nitrogens with one attached hydrogen (secondary N) is 6. The van der Waals surface area contributed by atoms with Gasteiger partial charge in [0.25, 0.3) is 17.7 Å². The maximum absolute atomic E-state index is 11.1. The van der Waals surface area contributed by atoms with Crippen LogP contribution in [-0.4, -0.2) is 32.7 Å². The van der Waals surface area contributed by atoms with Gasteiger partial charge in [0.1, 0.15) is 0 Å². The Labute approximate surface area is 136 Å². The Balaban J connectivity index is 2.90. The highest BCUT2D eigenvalue weighted by molar-refractivity contribution is 5.88. The summed E-state index contributed by atoms with van der Waals surface area (Å²) in [6, 6.07) is 0. The van der Waals surface area contributed by atoms with Gasteiger partial charge in [-0.3, -0.25) is 46.9 Å². The van der Waals surface area contributed by atoms with Gasteiger partial charge in [-0.25, -0.2) is 0 Å². The molecule has 0 fully saturated rings. The first-order valence-corrected chi connectivity index (χ1v) is 6.29. The average Bonchev–Trinajstić information content (AvgIpc) is 2.61. The van der Waals surface area contributed by atoms with Crippen LogP contribution in [0.3, 0.4) is 0 Å². The van der Waals surface area contributed by atoms with Gasteiger partial charge >= 0.3 is 0 Å². The average molecular weight is 333 g/mol. The van der Waals surface area contributed by atoms with E-state index in [9.17, 15) is 14.4 Å². The number of carbonyl (C=O) groups is 3. The van der Waals surface area contributed by atoms with Crippen molar-refractivity contribution in [1.29, 1.82) is 0 Å². The number of amides is 3. The first-order chi connectivity index (χ1) is 11.5. The Kier molecular flexibility index (Phi) is 6.89. The summed E-state index contributed by atoms with van der Waals surface area (Å²) >= 11 is 0. The first kappa shape index (κ1) is 18.1. The Morgan fingerprint density at radius 1 is 0.625 bits per heavy atom. The molecule has 0 spiro atoms. The number of carbonyl (C=O) groups excluding carboxylic acids is 3. The molecule has 0 radical (unpaired) electrons. The lowest BCUT2D eigenvalue weighted by molar-refractivity contribution is -0.116. The van der Waals surface area contributed by atoms with Crippen molar-refractivity contribution < 1.29 is 14.4 Å². The molecule has 6 N–H and O–H groups in total. The summed E-state index contributed by atoms with van der Waals surface area (Å²) in [5.74, 6) is -1.86. The number of nitrogens with zero attached hydrogens (tertiary/aromatic N) is 3. The molecule has 0 bridgehead atoms. The Morgan fingerprint density at radius 3 is 1.08 bits per heavy atom. The van der Waals surface area contributed by atoms with Gasteiger partial charge in [0.15, 0.2) is 0 Å². The third-order valence-electron chi connectivity index (χ3n) is 2.08. The number of hydrogen-bond donors (Lipinski definition) is 6. The summed E-state index contributed by atoms with van der Waals surface area (Å²) in [4.78, 5) is 45.0. The molecule has 1 heterocycles. The van der Waals surface area contributed by atoms with Crippen molar-refractivity contribution >= 4 is 35.6 Å². The van der Waals surface area contributed by atoms with Crippen LogP contribution in [-0.2, 0) is 14.4 Å². The zero-order valence-corrected chi connectivity index (χ0v) is 12.4. The van der Waals surface area contributed by atoms with Gasteiger partial charge in [0.05, 0.1) is 0 Å². The van der Waals surface area contributed by atoms with E-state index in [1.807, 2.05) is 0 Å². The molecule has 12 nitrogen and oxygen atoms in total. The van der Waals surface area contributed by atoms with E-state index in [1.165, 1.54) is 0 Å². The first-order valence-electron chi connectivity index (χ1n) is 6.29. The zero-order valence-electron chi connectivity index (χ0n) is 12.4. The Morgan fingerprint density at radius 2 is 0.875 bits per heavy atom. The molecular formula is C12H15N9O3. The largest absolute Gasteiger partial charge is 0.268 e. The quantitative estimate of drug-likeness (QED) is 0.240. The number of hydrazine groups is 3. The van der Waals surface area contributed by atoms with E-state index >= 15 is 0 Å². The molecule has 1 rings (SSSR count). The lowest BCUT2D eigenvalue weighted by Crippen LogP contribution is -2.33. The molecule has 0 aliphatic rings. The summed E-state index contributed by atoms with van der Waals surface area (Å²) in [6.07, 6.45) is 3.09. The van der Waals surface area contributed by atoms with E-state index in [1.54, 1.807) is 0 Å². The van der Waals surface area contributed by atoms with E-state index < -0.39 is 17.7 Å². The van der Waals surface area contributed by atoms with E-state index in [0.29, 0.717) is 0 Å². The van der Waals surface area contributed by atoms with Crippen molar-refractivity contribution in [2.75, 3.05) is 16.3 Å². The van der Waals surface area contributed by atoms with Gasteiger partial charge in [-0.05, 0) is 18.2 Å². The number of hydrogen-bond acceptors (Lipinski definition) is 9. The van der Waals surface area contributed by atoms with Crippen LogP contribution in [0.15, 0.2) is 38.0 Å². The number of aromatic nitrogens is 3. The van der Waals surface area contributed by atoms with E-state index in [4.69, 9.17) is 0 Å². The minimum atomic E-state index is -0.528. The van der Waals surface area contributed by atoms with Gasteiger partial charge in [0, 0.05) is 0 Å². The molecule has 1 aromatic heterocycles. The number of rotatable bonds is 9. The second kappa shape index (κ2) is 9.14.